The van der Waals surface area contributed by atoms with Crippen molar-refractivity contribution < 1.29 is 0 Å². The first-order valence-corrected chi connectivity index (χ1v) is 6.00. The molecule has 4 nitrogen and oxygen atoms in total. The Hall–Kier alpha value is -1.16. The molecule has 4 heteroatoms. The van der Waals surface area contributed by atoms with Crippen LogP contribution >= 0.6 is 0 Å². The highest BCUT2D eigenvalue weighted by molar-refractivity contribution is 5.37. The fourth-order valence-corrected chi connectivity index (χ4v) is 2.44. The van der Waals surface area contributed by atoms with Crippen LogP contribution in [0.2, 0.25) is 0 Å². The van der Waals surface area contributed by atoms with Gasteiger partial charge in [-0.1, -0.05) is 6.92 Å². The molecule has 1 fully saturated rings. The van der Waals surface area contributed by atoms with E-state index in [1.54, 1.807) is 0 Å². The van der Waals surface area contributed by atoms with Gasteiger partial charge in [0.2, 0.25) is 5.95 Å². The van der Waals surface area contributed by atoms with Crippen LogP contribution in [-0.4, -0.2) is 41.5 Å². The summed E-state index contributed by atoms with van der Waals surface area (Å²) in [5.74, 6) is 1.72. The number of rotatable bonds is 1. The van der Waals surface area contributed by atoms with Crippen LogP contribution in [0.1, 0.15) is 18.2 Å². The van der Waals surface area contributed by atoms with Gasteiger partial charge in [0.1, 0.15) is 0 Å². The normalized spacial score (nSPS) is 21.8. The van der Waals surface area contributed by atoms with Crippen molar-refractivity contribution in [2.45, 2.75) is 19.9 Å². The first-order chi connectivity index (χ1) is 7.72. The van der Waals surface area contributed by atoms with Gasteiger partial charge in [0, 0.05) is 32.4 Å². The summed E-state index contributed by atoms with van der Waals surface area (Å²) in [6, 6.07) is 0. The van der Waals surface area contributed by atoms with E-state index in [1.165, 1.54) is 11.3 Å². The highest BCUT2D eigenvalue weighted by Crippen LogP contribution is 2.23. The molecule has 0 amide bonds. The molecule has 0 aromatic carbocycles. The maximum absolute atomic E-state index is 4.69. The first-order valence-electron chi connectivity index (χ1n) is 6.00. The van der Waals surface area contributed by atoms with Gasteiger partial charge in [-0.3, -0.25) is 0 Å². The SMILES string of the molecule is CC1CN(c2ncc3c(n2)CN(C)CC3)C1. The summed E-state index contributed by atoms with van der Waals surface area (Å²) in [5, 5.41) is 0. The van der Waals surface area contributed by atoms with E-state index < -0.39 is 0 Å². The average Bonchev–Trinajstić information content (AvgIpc) is 2.24. The molecule has 1 saturated heterocycles. The van der Waals surface area contributed by atoms with Crippen molar-refractivity contribution in [1.82, 2.24) is 14.9 Å². The minimum atomic E-state index is 0.794. The summed E-state index contributed by atoms with van der Waals surface area (Å²) in [5.41, 5.74) is 2.55. The Labute approximate surface area is 96.3 Å². The Balaban J connectivity index is 1.84. The number of nitrogens with zero attached hydrogens (tertiary/aromatic N) is 4. The molecule has 0 unspecified atom stereocenters. The van der Waals surface area contributed by atoms with E-state index in [0.717, 1.165) is 44.5 Å². The summed E-state index contributed by atoms with van der Waals surface area (Å²) >= 11 is 0. The lowest BCUT2D eigenvalue weighted by atomic mass is 10.0. The zero-order valence-corrected chi connectivity index (χ0v) is 9.98. The Bertz CT molecular complexity index is 398. The van der Waals surface area contributed by atoms with Crippen LogP contribution in [0.25, 0.3) is 0 Å². The number of aromatic nitrogens is 2. The van der Waals surface area contributed by atoms with Gasteiger partial charge in [0.05, 0.1) is 5.69 Å². The maximum Gasteiger partial charge on any atom is 0.225 e. The molecular weight excluding hydrogens is 200 g/mol. The van der Waals surface area contributed by atoms with E-state index in [4.69, 9.17) is 4.98 Å². The summed E-state index contributed by atoms with van der Waals surface area (Å²) in [7, 11) is 2.15. The molecule has 0 saturated carbocycles. The first kappa shape index (κ1) is 10.0. The molecule has 1 aromatic heterocycles. The van der Waals surface area contributed by atoms with Gasteiger partial charge in [-0.2, -0.15) is 0 Å². The Morgan fingerprint density at radius 3 is 2.94 bits per heavy atom. The highest BCUT2D eigenvalue weighted by atomic mass is 15.3. The molecule has 0 atom stereocenters. The topological polar surface area (TPSA) is 32.3 Å². The Morgan fingerprint density at radius 2 is 2.19 bits per heavy atom. The van der Waals surface area contributed by atoms with E-state index in [-0.39, 0.29) is 0 Å². The lowest BCUT2D eigenvalue weighted by molar-refractivity contribution is 0.306. The third kappa shape index (κ3) is 1.67. The zero-order valence-electron chi connectivity index (χ0n) is 9.98. The van der Waals surface area contributed by atoms with Crippen molar-refractivity contribution >= 4 is 5.95 Å². The molecule has 0 aliphatic carbocycles. The zero-order chi connectivity index (χ0) is 11.1. The standard InChI is InChI=1S/C12H18N4/c1-9-6-16(7-9)12-13-5-10-3-4-15(2)8-11(10)14-12/h5,9H,3-4,6-8H2,1-2H3. The monoisotopic (exact) mass is 218 g/mol. The summed E-state index contributed by atoms with van der Waals surface area (Å²) in [4.78, 5) is 13.7. The van der Waals surface area contributed by atoms with E-state index in [1.807, 2.05) is 6.20 Å². The lowest BCUT2D eigenvalue weighted by Gasteiger charge is -2.37. The predicted molar refractivity (Wildman–Crippen MR) is 63.4 cm³/mol. The molecule has 16 heavy (non-hydrogen) atoms. The number of fused-ring (bicyclic) bond motifs is 1. The Morgan fingerprint density at radius 1 is 1.38 bits per heavy atom. The van der Waals surface area contributed by atoms with E-state index in [2.05, 4.69) is 28.8 Å². The van der Waals surface area contributed by atoms with Gasteiger partial charge in [0.25, 0.3) is 0 Å². The number of anilines is 1. The fraction of sp³-hybridized carbons (Fsp3) is 0.667. The van der Waals surface area contributed by atoms with Crippen molar-refractivity contribution in [1.29, 1.82) is 0 Å². The van der Waals surface area contributed by atoms with Gasteiger partial charge in [-0.25, -0.2) is 9.97 Å². The van der Waals surface area contributed by atoms with Crippen LogP contribution in [0.4, 0.5) is 5.95 Å². The lowest BCUT2D eigenvalue weighted by Crippen LogP contribution is -2.46. The van der Waals surface area contributed by atoms with E-state index >= 15 is 0 Å². The molecule has 2 aliphatic rings. The number of likely N-dealkylation sites (N-methyl/N-ethyl adjacent to an activating group) is 1. The fourth-order valence-electron chi connectivity index (χ4n) is 2.44. The van der Waals surface area contributed by atoms with E-state index in [9.17, 15) is 0 Å². The van der Waals surface area contributed by atoms with Gasteiger partial charge >= 0.3 is 0 Å². The largest absolute Gasteiger partial charge is 0.340 e. The van der Waals surface area contributed by atoms with Gasteiger partial charge < -0.3 is 9.80 Å². The summed E-state index contributed by atoms with van der Waals surface area (Å²) in [6.07, 6.45) is 3.11. The van der Waals surface area contributed by atoms with Crippen LogP contribution in [0.15, 0.2) is 6.20 Å². The molecule has 3 heterocycles. The molecule has 0 N–H and O–H groups in total. The second-order valence-electron chi connectivity index (χ2n) is 5.14. The minimum absolute atomic E-state index is 0.794. The molecule has 2 aliphatic heterocycles. The molecule has 0 spiro atoms. The molecule has 86 valence electrons. The van der Waals surface area contributed by atoms with Gasteiger partial charge in [-0.05, 0) is 24.9 Å². The Kier molecular flexibility index (Phi) is 2.32. The molecule has 3 rings (SSSR count). The molecular formula is C12H18N4. The molecule has 0 radical (unpaired) electrons. The molecule has 1 aromatic rings. The van der Waals surface area contributed by atoms with Crippen molar-refractivity contribution in [3.63, 3.8) is 0 Å². The highest BCUT2D eigenvalue weighted by Gasteiger charge is 2.26. The smallest absolute Gasteiger partial charge is 0.225 e. The third-order valence-corrected chi connectivity index (χ3v) is 3.47. The van der Waals surface area contributed by atoms with Crippen molar-refractivity contribution in [2.24, 2.45) is 5.92 Å². The maximum atomic E-state index is 4.69. The van der Waals surface area contributed by atoms with Crippen molar-refractivity contribution in [3.8, 4) is 0 Å². The minimum Gasteiger partial charge on any atom is -0.340 e. The number of hydrogen-bond donors (Lipinski definition) is 0. The second kappa shape index (κ2) is 3.70. The number of hydrogen-bond acceptors (Lipinski definition) is 4. The second-order valence-corrected chi connectivity index (χ2v) is 5.14. The third-order valence-electron chi connectivity index (χ3n) is 3.47. The van der Waals surface area contributed by atoms with E-state index in [0.29, 0.717) is 0 Å². The van der Waals surface area contributed by atoms with Crippen LogP contribution in [0, 0.1) is 5.92 Å². The van der Waals surface area contributed by atoms with Crippen molar-refractivity contribution in [2.75, 3.05) is 31.6 Å². The van der Waals surface area contributed by atoms with Crippen LogP contribution in [0.5, 0.6) is 0 Å². The summed E-state index contributed by atoms with van der Waals surface area (Å²) < 4.78 is 0. The predicted octanol–water partition coefficient (Wildman–Crippen LogP) is 0.921. The quantitative estimate of drug-likeness (QED) is 0.701. The average molecular weight is 218 g/mol. The van der Waals surface area contributed by atoms with Gasteiger partial charge in [0.15, 0.2) is 0 Å². The molecule has 0 bridgehead atoms. The van der Waals surface area contributed by atoms with Crippen molar-refractivity contribution in [3.05, 3.63) is 17.5 Å². The van der Waals surface area contributed by atoms with Gasteiger partial charge in [-0.15, -0.1) is 0 Å². The van der Waals surface area contributed by atoms with Crippen LogP contribution < -0.4 is 4.90 Å². The summed E-state index contributed by atoms with van der Waals surface area (Å²) in [6.45, 7) is 6.57. The van der Waals surface area contributed by atoms with Crippen LogP contribution in [-0.2, 0) is 13.0 Å². The van der Waals surface area contributed by atoms with Crippen LogP contribution in [0.3, 0.4) is 0 Å².